The number of anilines is 1. The van der Waals surface area contributed by atoms with Crippen LogP contribution in [0.5, 0.6) is 0 Å². The molecule has 1 aliphatic heterocycles. The molecule has 1 aromatic carbocycles. The quantitative estimate of drug-likeness (QED) is 0.640. The number of ether oxygens (including phenoxy) is 1. The number of likely N-dealkylation sites (tertiary alicyclic amines) is 1. The molecule has 2 aromatic heterocycles. The third-order valence-corrected chi connectivity index (χ3v) is 6.64. The summed E-state index contributed by atoms with van der Waals surface area (Å²) in [6, 6.07) is 5.22. The van der Waals surface area contributed by atoms with Gasteiger partial charge in [-0.15, -0.1) is 0 Å². The van der Waals surface area contributed by atoms with Crippen LogP contribution in [0.4, 0.5) is 10.5 Å². The van der Waals surface area contributed by atoms with E-state index < -0.39 is 15.6 Å². The molecule has 1 fully saturated rings. The number of amides is 1. The number of sulfonamides is 1. The Kier molecular flexibility index (Phi) is 5.61. The van der Waals surface area contributed by atoms with Crippen molar-refractivity contribution < 1.29 is 17.9 Å². The number of nitrogens with one attached hydrogen (secondary N) is 1. The molecule has 32 heavy (non-hydrogen) atoms. The summed E-state index contributed by atoms with van der Waals surface area (Å²) in [6.07, 6.45) is 5.74. The Balaban J connectivity index is 1.51. The first-order chi connectivity index (χ1) is 15.0. The minimum atomic E-state index is -3.85. The van der Waals surface area contributed by atoms with Crippen molar-refractivity contribution in [1.29, 1.82) is 0 Å². The Morgan fingerprint density at radius 1 is 1.22 bits per heavy atom. The predicted molar refractivity (Wildman–Crippen MR) is 120 cm³/mol. The number of rotatable bonds is 4. The fourth-order valence-corrected chi connectivity index (χ4v) is 4.85. The van der Waals surface area contributed by atoms with Crippen molar-refractivity contribution in [3.8, 4) is 0 Å². The summed E-state index contributed by atoms with van der Waals surface area (Å²) in [5.41, 5.74) is 0.576. The van der Waals surface area contributed by atoms with Gasteiger partial charge in [0.05, 0.1) is 29.6 Å². The second kappa shape index (κ2) is 8.12. The van der Waals surface area contributed by atoms with Gasteiger partial charge in [-0.25, -0.2) is 13.2 Å². The van der Waals surface area contributed by atoms with E-state index in [0.717, 1.165) is 18.2 Å². The van der Waals surface area contributed by atoms with E-state index in [1.54, 1.807) is 39.6 Å². The largest absolute Gasteiger partial charge is 0.444 e. The van der Waals surface area contributed by atoms with Gasteiger partial charge in [-0.3, -0.25) is 14.1 Å². The number of carbonyl (C=O) groups excluding carboxylic acids is 1. The van der Waals surface area contributed by atoms with Crippen LogP contribution in [-0.4, -0.2) is 57.7 Å². The highest BCUT2D eigenvalue weighted by Gasteiger charge is 2.29. The Morgan fingerprint density at radius 3 is 2.75 bits per heavy atom. The zero-order valence-electron chi connectivity index (χ0n) is 18.6. The van der Waals surface area contributed by atoms with Crippen LogP contribution in [0.1, 0.15) is 39.7 Å². The number of hydrogen-bond donors (Lipinski definition) is 1. The van der Waals surface area contributed by atoms with Gasteiger partial charge in [-0.1, -0.05) is 12.1 Å². The lowest BCUT2D eigenvalue weighted by Gasteiger charge is -2.34. The van der Waals surface area contributed by atoms with Crippen molar-refractivity contribution in [3.05, 3.63) is 36.8 Å². The molecule has 0 radical (unpaired) electrons. The number of hydrogen-bond acceptors (Lipinski definition) is 6. The normalized spacial score (nSPS) is 17.5. The van der Waals surface area contributed by atoms with Gasteiger partial charge < -0.3 is 9.64 Å². The van der Waals surface area contributed by atoms with Crippen LogP contribution < -0.4 is 4.72 Å². The molecule has 0 spiro atoms. The van der Waals surface area contributed by atoms with Gasteiger partial charge in [0.2, 0.25) is 0 Å². The topological polar surface area (TPSA) is 111 Å². The molecule has 3 aromatic rings. The highest BCUT2D eigenvalue weighted by molar-refractivity contribution is 7.92. The van der Waals surface area contributed by atoms with E-state index in [1.165, 1.54) is 12.4 Å². The van der Waals surface area contributed by atoms with Crippen LogP contribution >= 0.6 is 0 Å². The summed E-state index contributed by atoms with van der Waals surface area (Å²) in [4.78, 5) is 14.1. The molecule has 11 heteroatoms. The number of aromatic nitrogens is 4. The van der Waals surface area contributed by atoms with Gasteiger partial charge in [0.1, 0.15) is 10.5 Å². The molecule has 172 valence electrons. The fraction of sp³-hybridized carbons (Fsp3) is 0.476. The van der Waals surface area contributed by atoms with Crippen LogP contribution in [0.2, 0.25) is 0 Å². The van der Waals surface area contributed by atoms with Crippen molar-refractivity contribution in [2.45, 2.75) is 50.2 Å². The number of fused-ring (bicyclic) bond motifs is 1. The van der Waals surface area contributed by atoms with E-state index in [0.29, 0.717) is 24.3 Å². The van der Waals surface area contributed by atoms with E-state index in [9.17, 15) is 13.2 Å². The third kappa shape index (κ3) is 4.57. The number of nitrogens with zero attached hydrogens (tertiary/aromatic N) is 5. The average molecular weight is 461 g/mol. The lowest BCUT2D eigenvalue weighted by atomic mass is 10.1. The number of para-hydroxylation sites is 1. The van der Waals surface area contributed by atoms with Gasteiger partial charge in [-0.2, -0.15) is 10.2 Å². The number of benzene rings is 1. The molecule has 1 aliphatic rings. The van der Waals surface area contributed by atoms with Crippen molar-refractivity contribution in [2.75, 3.05) is 17.8 Å². The molecule has 0 aliphatic carbocycles. The Hall–Kier alpha value is -3.08. The smallest absolute Gasteiger partial charge is 0.410 e. The second-order valence-electron chi connectivity index (χ2n) is 9.00. The zero-order chi connectivity index (χ0) is 23.1. The monoisotopic (exact) mass is 460 g/mol. The van der Waals surface area contributed by atoms with Crippen LogP contribution in [-0.2, 0) is 21.8 Å². The molecule has 0 unspecified atom stereocenters. The van der Waals surface area contributed by atoms with Crippen molar-refractivity contribution in [2.24, 2.45) is 7.05 Å². The first kappa shape index (κ1) is 22.1. The van der Waals surface area contributed by atoms with Crippen LogP contribution in [0, 0.1) is 0 Å². The van der Waals surface area contributed by atoms with Crippen molar-refractivity contribution in [3.63, 3.8) is 0 Å². The second-order valence-corrected chi connectivity index (χ2v) is 10.7. The number of piperidine rings is 1. The summed E-state index contributed by atoms with van der Waals surface area (Å²) in [5.74, 6) is 0. The first-order valence-corrected chi connectivity index (χ1v) is 12.0. The summed E-state index contributed by atoms with van der Waals surface area (Å²) in [5, 5.41) is 9.32. The van der Waals surface area contributed by atoms with Crippen LogP contribution in [0.3, 0.4) is 0 Å². The fourth-order valence-electron chi connectivity index (χ4n) is 3.84. The number of carbonyl (C=O) groups is 1. The zero-order valence-corrected chi connectivity index (χ0v) is 19.5. The minimum absolute atomic E-state index is 0.0612. The predicted octanol–water partition coefficient (Wildman–Crippen LogP) is 3.14. The highest BCUT2D eigenvalue weighted by Crippen LogP contribution is 2.27. The maximum absolute atomic E-state index is 13.0. The van der Waals surface area contributed by atoms with Crippen LogP contribution in [0.25, 0.3) is 10.9 Å². The van der Waals surface area contributed by atoms with Crippen molar-refractivity contribution >= 4 is 32.7 Å². The Bertz CT molecular complexity index is 1240. The van der Waals surface area contributed by atoms with Gasteiger partial charge in [-0.05, 0) is 39.7 Å². The first-order valence-electron chi connectivity index (χ1n) is 10.5. The maximum Gasteiger partial charge on any atom is 0.410 e. The van der Waals surface area contributed by atoms with E-state index in [4.69, 9.17) is 4.74 Å². The van der Waals surface area contributed by atoms with Gasteiger partial charge in [0.25, 0.3) is 10.0 Å². The average Bonchev–Trinajstić information content (AvgIpc) is 3.35. The Labute approximate surface area is 187 Å². The molecule has 1 atom stereocenters. The SMILES string of the molecule is Cn1ncc2cccc(NS(=O)(=O)c3cnn([C@@H]4CCCN(C(=O)OC(C)(C)C)C4)c3)c21. The molecule has 0 bridgehead atoms. The molecule has 1 saturated heterocycles. The van der Waals surface area contributed by atoms with E-state index in [1.807, 2.05) is 26.8 Å². The maximum atomic E-state index is 13.0. The molecule has 4 rings (SSSR count). The van der Waals surface area contributed by atoms with Crippen molar-refractivity contribution in [1.82, 2.24) is 24.5 Å². The molecule has 1 amide bonds. The standard InChI is InChI=1S/C21H28N6O4S/c1-21(2,3)31-20(28)26-10-6-8-16(13-26)27-14-17(12-23-27)32(29,30)24-18-9-5-7-15-11-22-25(4)19(15)18/h5,7,9,11-12,14,16,24H,6,8,10,13H2,1-4H3/t16-/m1/s1. The molecule has 0 saturated carbocycles. The third-order valence-electron chi connectivity index (χ3n) is 5.32. The summed E-state index contributed by atoms with van der Waals surface area (Å²) >= 11 is 0. The molecule has 3 heterocycles. The molecule has 10 nitrogen and oxygen atoms in total. The lowest BCUT2D eigenvalue weighted by Crippen LogP contribution is -2.43. The van der Waals surface area contributed by atoms with Gasteiger partial charge in [0, 0.05) is 31.7 Å². The molecular weight excluding hydrogens is 432 g/mol. The highest BCUT2D eigenvalue weighted by atomic mass is 32.2. The molecular formula is C21H28N6O4S. The van der Waals surface area contributed by atoms with E-state index in [-0.39, 0.29) is 17.0 Å². The van der Waals surface area contributed by atoms with Gasteiger partial charge >= 0.3 is 6.09 Å². The summed E-state index contributed by atoms with van der Waals surface area (Å²) in [7, 11) is -2.09. The van der Waals surface area contributed by atoms with Crippen LogP contribution in [0.15, 0.2) is 41.7 Å². The van der Waals surface area contributed by atoms with E-state index >= 15 is 0 Å². The molecule has 1 N–H and O–H groups in total. The lowest BCUT2D eigenvalue weighted by molar-refractivity contribution is 0.0167. The summed E-state index contributed by atoms with van der Waals surface area (Å²) in [6.45, 7) is 6.51. The minimum Gasteiger partial charge on any atom is -0.444 e. The van der Waals surface area contributed by atoms with Gasteiger partial charge in [0.15, 0.2) is 0 Å². The number of aryl methyl sites for hydroxylation is 1. The summed E-state index contributed by atoms with van der Waals surface area (Å²) < 4.78 is 37.4. The van der Waals surface area contributed by atoms with E-state index in [2.05, 4.69) is 14.9 Å². The Morgan fingerprint density at radius 2 is 2.00 bits per heavy atom.